The molecule has 0 fully saturated rings. The molecule has 0 aliphatic rings. The Kier molecular flexibility index (Phi) is 7.14. The minimum absolute atomic E-state index is 0.0609. The monoisotopic (exact) mass is 382 g/mol. The van der Waals surface area contributed by atoms with Crippen LogP contribution in [0.1, 0.15) is 29.3 Å². The number of aryl methyl sites for hydroxylation is 1. The second-order valence-corrected chi connectivity index (χ2v) is 6.61. The summed E-state index contributed by atoms with van der Waals surface area (Å²) in [5, 5.41) is 8.66. The van der Waals surface area contributed by atoms with Crippen LogP contribution in [0.25, 0.3) is 0 Å². The predicted molar refractivity (Wildman–Crippen MR) is 112 cm³/mol. The molecule has 7 heteroatoms. The molecule has 0 saturated heterocycles. The number of carbonyl (C=O) groups excluding carboxylic acids is 3. The van der Waals surface area contributed by atoms with Crippen LogP contribution in [0.4, 0.5) is 17.1 Å². The van der Waals surface area contributed by atoms with Crippen molar-refractivity contribution < 1.29 is 14.4 Å². The van der Waals surface area contributed by atoms with Gasteiger partial charge in [0.25, 0.3) is 5.91 Å². The Morgan fingerprint density at radius 2 is 1.54 bits per heavy atom. The summed E-state index contributed by atoms with van der Waals surface area (Å²) in [5.74, 6) is -0.370. The molecular weight excluding hydrogens is 356 g/mol. The first-order valence-corrected chi connectivity index (χ1v) is 9.06. The fourth-order valence-corrected chi connectivity index (χ4v) is 2.45. The maximum absolute atomic E-state index is 12.2. The fraction of sp³-hybridized carbons (Fsp3) is 0.286. The highest BCUT2D eigenvalue weighted by Crippen LogP contribution is 2.20. The molecular formula is C21H26N4O3. The van der Waals surface area contributed by atoms with E-state index in [0.29, 0.717) is 17.7 Å². The van der Waals surface area contributed by atoms with Crippen LogP contribution in [0.2, 0.25) is 0 Å². The number of anilines is 3. The van der Waals surface area contributed by atoms with E-state index < -0.39 is 0 Å². The number of nitrogens with zero attached hydrogens (tertiary/aromatic N) is 1. The molecule has 2 aromatic carbocycles. The summed E-state index contributed by atoms with van der Waals surface area (Å²) in [6, 6.07) is 12.3. The molecule has 3 N–H and O–H groups in total. The Morgan fingerprint density at radius 3 is 2.14 bits per heavy atom. The SMILES string of the molecule is CCC(=O)Nc1cc(NCC(=O)Nc2ccc(C(=O)N(C)C)cc2)ccc1C. The summed E-state index contributed by atoms with van der Waals surface area (Å²) in [4.78, 5) is 37.1. The predicted octanol–water partition coefficient (Wildman–Crippen LogP) is 3.10. The van der Waals surface area contributed by atoms with Gasteiger partial charge in [0.15, 0.2) is 0 Å². The molecule has 148 valence electrons. The average molecular weight is 382 g/mol. The number of nitrogens with one attached hydrogen (secondary N) is 3. The normalized spacial score (nSPS) is 10.1. The third kappa shape index (κ3) is 5.84. The van der Waals surface area contributed by atoms with Crippen molar-refractivity contribution in [3.05, 3.63) is 53.6 Å². The van der Waals surface area contributed by atoms with Gasteiger partial charge in [-0.2, -0.15) is 0 Å². The van der Waals surface area contributed by atoms with Crippen LogP contribution in [-0.2, 0) is 9.59 Å². The number of rotatable bonds is 7. The Labute approximate surface area is 165 Å². The topological polar surface area (TPSA) is 90.5 Å². The van der Waals surface area contributed by atoms with E-state index in [1.807, 2.05) is 19.1 Å². The van der Waals surface area contributed by atoms with Crippen molar-refractivity contribution in [1.29, 1.82) is 0 Å². The molecule has 0 aliphatic carbocycles. The molecule has 7 nitrogen and oxygen atoms in total. The molecule has 0 radical (unpaired) electrons. The lowest BCUT2D eigenvalue weighted by Gasteiger charge is -2.13. The van der Waals surface area contributed by atoms with E-state index >= 15 is 0 Å². The van der Waals surface area contributed by atoms with Gasteiger partial charge in [-0.25, -0.2) is 0 Å². The lowest BCUT2D eigenvalue weighted by Crippen LogP contribution is -2.23. The first-order chi connectivity index (χ1) is 13.3. The molecule has 0 unspecified atom stereocenters. The zero-order valence-corrected chi connectivity index (χ0v) is 16.6. The Balaban J connectivity index is 1.93. The van der Waals surface area contributed by atoms with E-state index in [-0.39, 0.29) is 24.3 Å². The van der Waals surface area contributed by atoms with Crippen LogP contribution in [0.5, 0.6) is 0 Å². The summed E-state index contributed by atoms with van der Waals surface area (Å²) >= 11 is 0. The van der Waals surface area contributed by atoms with Gasteiger partial charge in [0.05, 0.1) is 6.54 Å². The molecule has 0 aliphatic heterocycles. The molecule has 0 atom stereocenters. The van der Waals surface area contributed by atoms with E-state index in [2.05, 4.69) is 16.0 Å². The minimum atomic E-state index is -0.216. The van der Waals surface area contributed by atoms with E-state index in [9.17, 15) is 14.4 Å². The number of benzene rings is 2. The van der Waals surface area contributed by atoms with Crippen LogP contribution in [0, 0.1) is 6.92 Å². The van der Waals surface area contributed by atoms with Crippen molar-refractivity contribution >= 4 is 34.8 Å². The summed E-state index contributed by atoms with van der Waals surface area (Å²) in [5.41, 5.74) is 3.57. The van der Waals surface area contributed by atoms with Gasteiger partial charge < -0.3 is 20.9 Å². The summed E-state index contributed by atoms with van der Waals surface area (Å²) in [7, 11) is 3.38. The van der Waals surface area contributed by atoms with E-state index in [4.69, 9.17) is 0 Å². The van der Waals surface area contributed by atoms with Gasteiger partial charge in [0.1, 0.15) is 0 Å². The van der Waals surface area contributed by atoms with Crippen molar-refractivity contribution in [2.75, 3.05) is 36.6 Å². The van der Waals surface area contributed by atoms with Crippen LogP contribution < -0.4 is 16.0 Å². The maximum Gasteiger partial charge on any atom is 0.253 e. The number of hydrogen-bond acceptors (Lipinski definition) is 4. The maximum atomic E-state index is 12.2. The van der Waals surface area contributed by atoms with Crippen molar-refractivity contribution in [3.63, 3.8) is 0 Å². The van der Waals surface area contributed by atoms with Gasteiger partial charge >= 0.3 is 0 Å². The molecule has 2 aromatic rings. The van der Waals surface area contributed by atoms with E-state index in [1.54, 1.807) is 51.4 Å². The molecule has 28 heavy (non-hydrogen) atoms. The standard InChI is InChI=1S/C21H26N4O3/c1-5-19(26)24-18-12-17(9-6-14(18)2)22-13-20(27)23-16-10-7-15(8-11-16)21(28)25(3)4/h6-12,22H,5,13H2,1-4H3,(H,23,27)(H,24,26). The largest absolute Gasteiger partial charge is 0.376 e. The third-order valence-corrected chi connectivity index (χ3v) is 4.11. The summed E-state index contributed by atoms with van der Waals surface area (Å²) in [6.07, 6.45) is 0.401. The second-order valence-electron chi connectivity index (χ2n) is 6.61. The molecule has 0 aromatic heterocycles. The summed E-state index contributed by atoms with van der Waals surface area (Å²) in [6.45, 7) is 3.77. The van der Waals surface area contributed by atoms with Crippen LogP contribution in [-0.4, -0.2) is 43.3 Å². The highest BCUT2D eigenvalue weighted by molar-refractivity contribution is 5.96. The highest BCUT2D eigenvalue weighted by atomic mass is 16.2. The number of hydrogen-bond donors (Lipinski definition) is 3. The zero-order valence-electron chi connectivity index (χ0n) is 16.6. The molecule has 0 heterocycles. The van der Waals surface area contributed by atoms with E-state index in [0.717, 1.165) is 16.9 Å². The first-order valence-electron chi connectivity index (χ1n) is 9.06. The molecule has 2 rings (SSSR count). The Bertz CT molecular complexity index is 860. The zero-order chi connectivity index (χ0) is 20.7. The van der Waals surface area contributed by atoms with Crippen LogP contribution >= 0.6 is 0 Å². The van der Waals surface area contributed by atoms with Crippen molar-refractivity contribution in [1.82, 2.24) is 4.90 Å². The van der Waals surface area contributed by atoms with E-state index in [1.165, 1.54) is 4.90 Å². The fourth-order valence-electron chi connectivity index (χ4n) is 2.45. The average Bonchev–Trinajstić information content (AvgIpc) is 2.68. The van der Waals surface area contributed by atoms with Gasteiger partial charge in [-0.15, -0.1) is 0 Å². The lowest BCUT2D eigenvalue weighted by atomic mass is 10.1. The number of amides is 3. The first kappa shape index (κ1) is 21.0. The van der Waals surface area contributed by atoms with Gasteiger partial charge in [0.2, 0.25) is 11.8 Å². The summed E-state index contributed by atoms with van der Waals surface area (Å²) < 4.78 is 0. The Hall–Kier alpha value is -3.35. The third-order valence-electron chi connectivity index (χ3n) is 4.11. The van der Waals surface area contributed by atoms with Gasteiger partial charge in [-0.05, 0) is 48.9 Å². The minimum Gasteiger partial charge on any atom is -0.376 e. The molecule has 0 spiro atoms. The molecule has 3 amide bonds. The number of carbonyl (C=O) groups is 3. The smallest absolute Gasteiger partial charge is 0.253 e. The van der Waals surface area contributed by atoms with Crippen molar-refractivity contribution in [2.45, 2.75) is 20.3 Å². The van der Waals surface area contributed by atoms with Crippen LogP contribution in [0.15, 0.2) is 42.5 Å². The highest BCUT2D eigenvalue weighted by Gasteiger charge is 2.09. The van der Waals surface area contributed by atoms with Crippen molar-refractivity contribution in [3.8, 4) is 0 Å². The molecule has 0 bridgehead atoms. The Morgan fingerprint density at radius 1 is 0.893 bits per heavy atom. The lowest BCUT2D eigenvalue weighted by molar-refractivity contribution is -0.116. The molecule has 0 saturated carbocycles. The van der Waals surface area contributed by atoms with Gasteiger partial charge in [-0.1, -0.05) is 13.0 Å². The van der Waals surface area contributed by atoms with Crippen LogP contribution in [0.3, 0.4) is 0 Å². The second kappa shape index (κ2) is 9.55. The van der Waals surface area contributed by atoms with Gasteiger partial charge in [-0.3, -0.25) is 14.4 Å². The van der Waals surface area contributed by atoms with Gasteiger partial charge in [0, 0.05) is 43.1 Å². The van der Waals surface area contributed by atoms with Crippen molar-refractivity contribution in [2.24, 2.45) is 0 Å². The quantitative estimate of drug-likeness (QED) is 0.686.